The van der Waals surface area contributed by atoms with E-state index in [4.69, 9.17) is 20.9 Å². The maximum atomic E-state index is 5.47. The van der Waals surface area contributed by atoms with Crippen LogP contribution in [0.2, 0.25) is 0 Å². The van der Waals surface area contributed by atoms with Gasteiger partial charge in [0.2, 0.25) is 5.96 Å². The van der Waals surface area contributed by atoms with Gasteiger partial charge >= 0.3 is 0 Å². The Kier molecular flexibility index (Phi) is 4.79. The van der Waals surface area contributed by atoms with Crippen LogP contribution in [0.15, 0.2) is 28.4 Å². The summed E-state index contributed by atoms with van der Waals surface area (Å²) in [5, 5.41) is 7.50. The van der Waals surface area contributed by atoms with Crippen molar-refractivity contribution < 1.29 is 9.47 Å². The van der Waals surface area contributed by atoms with Crippen LogP contribution in [0.1, 0.15) is 12.5 Å². The molecule has 0 radical (unpaired) electrons. The lowest BCUT2D eigenvalue weighted by Crippen LogP contribution is -2.22. The van der Waals surface area contributed by atoms with Crippen molar-refractivity contribution in [3.05, 3.63) is 23.8 Å². The Morgan fingerprint density at radius 3 is 2.44 bits per heavy atom. The zero-order valence-corrected chi connectivity index (χ0v) is 10.7. The minimum Gasteiger partial charge on any atom is -0.486 e. The SMILES string of the molecule is CC(=NN=C(N)N)c1ccc2c(c1)OCCO2.Cl. The van der Waals surface area contributed by atoms with E-state index in [1.807, 2.05) is 25.1 Å². The van der Waals surface area contributed by atoms with Crippen LogP contribution in [-0.2, 0) is 0 Å². The van der Waals surface area contributed by atoms with Gasteiger partial charge in [-0.05, 0) is 25.1 Å². The van der Waals surface area contributed by atoms with E-state index >= 15 is 0 Å². The summed E-state index contributed by atoms with van der Waals surface area (Å²) in [7, 11) is 0. The quantitative estimate of drug-likeness (QED) is 0.474. The molecule has 18 heavy (non-hydrogen) atoms. The van der Waals surface area contributed by atoms with Crippen molar-refractivity contribution >= 4 is 24.1 Å². The van der Waals surface area contributed by atoms with E-state index in [1.54, 1.807) is 0 Å². The van der Waals surface area contributed by atoms with E-state index < -0.39 is 0 Å². The Bertz CT molecular complexity index is 484. The lowest BCUT2D eigenvalue weighted by atomic mass is 10.1. The number of hydrogen-bond donors (Lipinski definition) is 2. The Balaban J connectivity index is 0.00000162. The molecule has 0 saturated heterocycles. The van der Waals surface area contributed by atoms with Crippen molar-refractivity contribution in [2.24, 2.45) is 21.7 Å². The van der Waals surface area contributed by atoms with Gasteiger partial charge in [0, 0.05) is 5.56 Å². The number of rotatable bonds is 2. The number of guanidine groups is 1. The molecule has 2 rings (SSSR count). The van der Waals surface area contributed by atoms with Gasteiger partial charge in [-0.2, -0.15) is 5.10 Å². The Labute approximate surface area is 111 Å². The minimum atomic E-state index is -0.0677. The molecule has 0 saturated carbocycles. The highest BCUT2D eigenvalue weighted by Gasteiger charge is 2.12. The summed E-state index contributed by atoms with van der Waals surface area (Å²) in [4.78, 5) is 0. The van der Waals surface area contributed by atoms with Crippen LogP contribution in [0.3, 0.4) is 0 Å². The van der Waals surface area contributed by atoms with E-state index in [0.717, 1.165) is 11.3 Å². The van der Waals surface area contributed by atoms with Gasteiger partial charge in [0.1, 0.15) is 13.2 Å². The van der Waals surface area contributed by atoms with Crippen LogP contribution in [-0.4, -0.2) is 24.9 Å². The molecule has 0 aromatic heterocycles. The van der Waals surface area contributed by atoms with E-state index in [0.29, 0.717) is 24.7 Å². The molecule has 0 bridgehead atoms. The van der Waals surface area contributed by atoms with Gasteiger partial charge in [-0.15, -0.1) is 17.5 Å². The number of halogens is 1. The van der Waals surface area contributed by atoms with E-state index in [2.05, 4.69) is 10.2 Å². The maximum absolute atomic E-state index is 5.47. The second kappa shape index (κ2) is 6.11. The number of ether oxygens (including phenoxy) is 2. The number of nitrogens with zero attached hydrogens (tertiary/aromatic N) is 2. The third-order valence-electron chi connectivity index (χ3n) is 2.28. The van der Waals surface area contributed by atoms with Gasteiger partial charge in [0.05, 0.1) is 5.71 Å². The molecule has 0 unspecified atom stereocenters. The van der Waals surface area contributed by atoms with Crippen molar-refractivity contribution in [3.8, 4) is 11.5 Å². The summed E-state index contributed by atoms with van der Waals surface area (Å²) >= 11 is 0. The average molecular weight is 271 g/mol. The molecule has 0 amide bonds. The van der Waals surface area contributed by atoms with E-state index in [9.17, 15) is 0 Å². The molecule has 4 N–H and O–H groups in total. The molecule has 7 heteroatoms. The third kappa shape index (κ3) is 3.27. The molecular weight excluding hydrogens is 256 g/mol. The average Bonchev–Trinajstić information content (AvgIpc) is 2.35. The van der Waals surface area contributed by atoms with Crippen LogP contribution in [0.4, 0.5) is 0 Å². The maximum Gasteiger partial charge on any atom is 0.211 e. The summed E-state index contributed by atoms with van der Waals surface area (Å²) in [6, 6.07) is 5.59. The van der Waals surface area contributed by atoms with Gasteiger partial charge in [-0.1, -0.05) is 0 Å². The van der Waals surface area contributed by atoms with Crippen LogP contribution in [0.5, 0.6) is 11.5 Å². The third-order valence-corrected chi connectivity index (χ3v) is 2.28. The number of hydrogen-bond acceptors (Lipinski definition) is 4. The molecule has 1 aliphatic rings. The van der Waals surface area contributed by atoms with Gasteiger partial charge in [-0.3, -0.25) is 0 Å². The lowest BCUT2D eigenvalue weighted by Gasteiger charge is -2.18. The second-order valence-electron chi connectivity index (χ2n) is 3.57. The first-order valence-electron chi connectivity index (χ1n) is 5.20. The van der Waals surface area contributed by atoms with Crippen molar-refractivity contribution in [2.75, 3.05) is 13.2 Å². The van der Waals surface area contributed by atoms with Crippen molar-refractivity contribution in [3.63, 3.8) is 0 Å². The molecule has 1 aliphatic heterocycles. The molecule has 0 aliphatic carbocycles. The van der Waals surface area contributed by atoms with Gasteiger partial charge in [0.15, 0.2) is 11.5 Å². The monoisotopic (exact) mass is 270 g/mol. The fourth-order valence-corrected chi connectivity index (χ4v) is 1.46. The van der Waals surface area contributed by atoms with Gasteiger partial charge in [0.25, 0.3) is 0 Å². The number of fused-ring (bicyclic) bond motifs is 1. The predicted octanol–water partition coefficient (Wildman–Crippen LogP) is 0.877. The first kappa shape index (κ1) is 14.1. The standard InChI is InChI=1S/C11H14N4O2.ClH/c1-7(14-15-11(12)13)8-2-3-9-10(6-8)17-5-4-16-9;/h2-3,6H,4-5H2,1H3,(H4,12,13,15);1H. The summed E-state index contributed by atoms with van der Waals surface area (Å²) in [6.07, 6.45) is 0. The van der Waals surface area contributed by atoms with Gasteiger partial charge < -0.3 is 20.9 Å². The first-order chi connectivity index (χ1) is 8.16. The summed E-state index contributed by atoms with van der Waals surface area (Å²) in [5.41, 5.74) is 12.0. The molecule has 0 atom stereocenters. The van der Waals surface area contributed by atoms with Crippen molar-refractivity contribution in [1.29, 1.82) is 0 Å². The fourth-order valence-electron chi connectivity index (χ4n) is 1.46. The zero-order chi connectivity index (χ0) is 12.3. The number of nitrogens with two attached hydrogens (primary N) is 2. The van der Waals surface area contributed by atoms with Crippen LogP contribution in [0.25, 0.3) is 0 Å². The molecule has 6 nitrogen and oxygen atoms in total. The van der Waals surface area contributed by atoms with Crippen molar-refractivity contribution in [1.82, 2.24) is 0 Å². The Hall–Kier alpha value is -1.95. The highest BCUT2D eigenvalue weighted by molar-refractivity contribution is 5.99. The minimum absolute atomic E-state index is 0. The fraction of sp³-hybridized carbons (Fsp3) is 0.273. The number of benzene rings is 1. The molecule has 98 valence electrons. The molecule has 1 aromatic rings. The molecule has 1 heterocycles. The topological polar surface area (TPSA) is 95.2 Å². The van der Waals surface area contributed by atoms with Crippen molar-refractivity contribution in [2.45, 2.75) is 6.92 Å². The highest BCUT2D eigenvalue weighted by Crippen LogP contribution is 2.30. The Morgan fingerprint density at radius 1 is 1.11 bits per heavy atom. The van der Waals surface area contributed by atoms with Crippen LogP contribution < -0.4 is 20.9 Å². The molecular formula is C11H15ClN4O2. The molecule has 1 aromatic carbocycles. The second-order valence-corrected chi connectivity index (χ2v) is 3.57. The van der Waals surface area contributed by atoms with Crippen LogP contribution in [0, 0.1) is 0 Å². The summed E-state index contributed by atoms with van der Waals surface area (Å²) in [6.45, 7) is 2.95. The normalized spacial score (nSPS) is 13.5. The first-order valence-corrected chi connectivity index (χ1v) is 5.20. The smallest absolute Gasteiger partial charge is 0.211 e. The largest absolute Gasteiger partial charge is 0.486 e. The molecule has 0 spiro atoms. The predicted molar refractivity (Wildman–Crippen MR) is 72.7 cm³/mol. The Morgan fingerprint density at radius 2 is 1.78 bits per heavy atom. The van der Waals surface area contributed by atoms with Crippen LogP contribution >= 0.6 is 12.4 Å². The van der Waals surface area contributed by atoms with E-state index in [-0.39, 0.29) is 18.4 Å². The van der Waals surface area contributed by atoms with E-state index in [1.165, 1.54) is 0 Å². The molecule has 0 fully saturated rings. The zero-order valence-electron chi connectivity index (χ0n) is 9.92. The van der Waals surface area contributed by atoms with Gasteiger partial charge in [-0.25, -0.2) is 0 Å². The summed E-state index contributed by atoms with van der Waals surface area (Å²) < 4.78 is 10.9. The highest BCUT2D eigenvalue weighted by atomic mass is 35.5. The summed E-state index contributed by atoms with van der Waals surface area (Å²) in [5.74, 6) is 1.39. The lowest BCUT2D eigenvalue weighted by molar-refractivity contribution is 0.171.